The number of amides is 1. The number of nitrogens with zero attached hydrogens (tertiary/aromatic N) is 5. The minimum Gasteiger partial charge on any atom is -0.875 e. The Balaban J connectivity index is 0.00000683. The smallest absolute Gasteiger partial charge is 0.875 e. The number of hydrogen-bond acceptors (Lipinski definition) is 14. The second-order valence-electron chi connectivity index (χ2n) is 15.9. The van der Waals surface area contributed by atoms with Crippen LogP contribution in [0.5, 0.6) is 0 Å². The van der Waals surface area contributed by atoms with Crippen molar-refractivity contribution in [3.8, 4) is 0 Å². The van der Waals surface area contributed by atoms with Crippen molar-refractivity contribution in [2.45, 2.75) is 73.3 Å². The summed E-state index contributed by atoms with van der Waals surface area (Å²) in [7, 11) is 1.29. The van der Waals surface area contributed by atoms with Crippen molar-refractivity contribution >= 4 is 34.9 Å². The van der Waals surface area contributed by atoms with Crippen molar-refractivity contribution in [2.24, 2.45) is 43.6 Å². The van der Waals surface area contributed by atoms with Gasteiger partial charge in [0, 0.05) is 84.5 Å². The number of methoxy groups -OCH3 is 1. The van der Waals surface area contributed by atoms with E-state index < -0.39 is 30.5 Å². The molecule has 2 fully saturated rings. The van der Waals surface area contributed by atoms with Gasteiger partial charge in [-0.25, -0.2) is 9.98 Å². The van der Waals surface area contributed by atoms with Crippen LogP contribution < -0.4 is 20.8 Å². The van der Waals surface area contributed by atoms with E-state index in [2.05, 4.69) is 34.4 Å². The topological polar surface area (TPSA) is 216 Å². The van der Waals surface area contributed by atoms with Crippen LogP contribution in [0.3, 0.4) is 0 Å². The van der Waals surface area contributed by atoms with E-state index >= 15 is 0 Å². The summed E-state index contributed by atoms with van der Waals surface area (Å²) in [6.07, 6.45) is 5.52. The summed E-state index contributed by atoms with van der Waals surface area (Å²) in [6.45, 7) is 14.7. The third-order valence-electron chi connectivity index (χ3n) is 12.1. The van der Waals surface area contributed by atoms with Crippen molar-refractivity contribution in [1.29, 1.82) is 0 Å². The molecule has 0 radical (unpaired) electrons. The van der Waals surface area contributed by atoms with Gasteiger partial charge in [0.25, 0.3) is 0 Å². The van der Waals surface area contributed by atoms with E-state index in [-0.39, 0.29) is 80.5 Å². The van der Waals surface area contributed by atoms with Crippen molar-refractivity contribution in [3.05, 3.63) is 80.3 Å². The number of ether oxygens (including phenoxy) is 2. The molecule has 0 aromatic heterocycles. The van der Waals surface area contributed by atoms with Crippen molar-refractivity contribution in [3.63, 3.8) is 0 Å². The number of hydrogen-bond donors (Lipinski definition) is 4. The van der Waals surface area contributed by atoms with Crippen molar-refractivity contribution in [1.82, 2.24) is 15.5 Å². The average molecular weight is 918 g/mol. The Hall–Kier alpha value is -4.30. The van der Waals surface area contributed by atoms with Gasteiger partial charge in [0.15, 0.2) is 0 Å². The number of allylic oxidation sites excluding steroid dienone is 10. The first kappa shape index (κ1) is 46.8. The van der Waals surface area contributed by atoms with E-state index in [1.807, 2.05) is 32.1 Å². The number of carbonyl (C=O) groups excluding carboxylic acids is 2. The van der Waals surface area contributed by atoms with Crippen LogP contribution in [0.1, 0.15) is 67.2 Å². The first-order chi connectivity index (χ1) is 28.3. The van der Waals surface area contributed by atoms with Crippen LogP contribution in [0.25, 0.3) is 0 Å². The van der Waals surface area contributed by atoms with Crippen LogP contribution >= 0.6 is 0 Å². The molecule has 5 atom stereocenters. The molecule has 6 aliphatic rings. The predicted octanol–water partition coefficient (Wildman–Crippen LogP) is 1.91. The Morgan fingerprint density at radius 1 is 1.05 bits per heavy atom. The average Bonchev–Trinajstić information content (AvgIpc) is 3.91. The van der Waals surface area contributed by atoms with E-state index in [0.717, 1.165) is 36.5 Å². The number of nitrogens with one attached hydrogen (secondary N) is 2. The van der Waals surface area contributed by atoms with Gasteiger partial charge in [0.05, 0.1) is 74.5 Å². The third-order valence-corrected chi connectivity index (χ3v) is 12.1. The molecule has 15 nitrogen and oxygen atoms in total. The fourth-order valence-corrected chi connectivity index (χ4v) is 8.64. The molecule has 2 saturated heterocycles. The van der Waals surface area contributed by atoms with Crippen LogP contribution in [-0.2, 0) is 39.5 Å². The van der Waals surface area contributed by atoms with E-state index in [1.165, 1.54) is 7.11 Å². The number of aliphatic imine (C=N–C) groups is 4. The van der Waals surface area contributed by atoms with Crippen LogP contribution in [0.4, 0.5) is 0 Å². The molecule has 1 amide bonds. The molecule has 0 saturated carbocycles. The van der Waals surface area contributed by atoms with E-state index in [9.17, 15) is 30.0 Å². The van der Waals surface area contributed by atoms with Gasteiger partial charge in [0.1, 0.15) is 0 Å². The largest absolute Gasteiger partial charge is 2.00 e. The number of aliphatic hydroxyl groups excluding tert-OH is 2. The summed E-state index contributed by atoms with van der Waals surface area (Å²) in [4.78, 5) is 48.4. The summed E-state index contributed by atoms with van der Waals surface area (Å²) in [6, 6.07) is 0. The number of carbonyl (C=O) groups is 2. The van der Waals surface area contributed by atoms with Crippen LogP contribution in [0.15, 0.2) is 100 Å². The fourth-order valence-electron chi connectivity index (χ4n) is 8.64. The quantitative estimate of drug-likeness (QED) is 0.0693. The molecular formula is C44H57N7O8Pd. The molecule has 0 spiro atoms. The monoisotopic (exact) mass is 917 g/mol. The second-order valence-corrected chi connectivity index (χ2v) is 15.9. The van der Waals surface area contributed by atoms with Gasteiger partial charge in [-0.15, -0.1) is 5.76 Å². The Labute approximate surface area is 366 Å². The van der Waals surface area contributed by atoms with E-state index in [4.69, 9.17) is 24.5 Å². The predicted molar refractivity (Wildman–Crippen MR) is 222 cm³/mol. The standard InChI is InChI=1S/C44H59N7O8.Pd/c1-8-29-23(2)32-20-37-40(27(6)53)25(4)34(48-37)18-33-24(3)30(9-10-38(55)45-11-12-51-13-15-59-16-14-51)42(49-33)31(17-39(56)58-7)43-41(44(57)46-21-28(54)22-52)26(5)35(50-43)19-36(29)47-32;/h18-20,23-24,28-30,47,52-54H,8-17,21-22H2,1-7H3,(H,45,55)(H,46,57);/q;+2/p-2/b32-20?,33-18?,36-19?,40-27+,43-31?;/t23-,24+,28?,29-,30+;/m1./s1. The zero-order valence-corrected chi connectivity index (χ0v) is 37.1. The Morgan fingerprint density at radius 2 is 1.77 bits per heavy atom. The SMILES string of the molecule is CC[C@H]1C2=CC3=NC(=C(CC(=O)OC)C4=NC(=CC5=C(C)/C(=C(/C)[O-])C(=N5)C=C(N2)[C@@H]1C)[C@@H](C)[C@@H]4CCC(=O)NCCN1CCOCC1)C(C([O-])=NCC(O)CO)=C3C.[Pd+2]. The van der Waals surface area contributed by atoms with Gasteiger partial charge in [-0.3, -0.25) is 24.5 Å². The minimum atomic E-state index is -1.24. The molecule has 6 aliphatic heterocycles. The van der Waals surface area contributed by atoms with Crippen LogP contribution in [0.2, 0.25) is 0 Å². The van der Waals surface area contributed by atoms with Crippen molar-refractivity contribution < 1.29 is 59.9 Å². The first-order valence-electron chi connectivity index (χ1n) is 20.6. The molecule has 8 bridgehead atoms. The summed E-state index contributed by atoms with van der Waals surface area (Å²) >= 11 is 0. The maximum atomic E-state index is 14.1. The number of fused-ring (bicyclic) bond motifs is 5. The van der Waals surface area contributed by atoms with Gasteiger partial charge >= 0.3 is 26.4 Å². The molecule has 0 aliphatic carbocycles. The zero-order valence-electron chi connectivity index (χ0n) is 35.5. The Morgan fingerprint density at radius 3 is 2.43 bits per heavy atom. The molecule has 0 aromatic rings. The molecule has 6 heterocycles. The van der Waals surface area contributed by atoms with Gasteiger partial charge in [-0.05, 0) is 67.5 Å². The van der Waals surface area contributed by atoms with Gasteiger partial charge in [0.2, 0.25) is 5.91 Å². The summed E-state index contributed by atoms with van der Waals surface area (Å²) in [5.41, 5.74) is 7.00. The Bertz CT molecular complexity index is 2080. The number of morpholine rings is 1. The summed E-state index contributed by atoms with van der Waals surface area (Å²) in [5, 5.41) is 53.6. The number of rotatable bonds is 13. The van der Waals surface area contributed by atoms with Crippen LogP contribution in [-0.4, -0.2) is 116 Å². The third kappa shape index (κ3) is 10.1. The van der Waals surface area contributed by atoms with Gasteiger partial charge in [-0.2, -0.15) is 0 Å². The number of aliphatic hydroxyl groups is 2. The number of esters is 1. The molecule has 6 rings (SSSR count). The fraction of sp³-hybridized carbons (Fsp3) is 0.545. The first-order valence-corrected chi connectivity index (χ1v) is 20.6. The molecule has 4 N–H and O–H groups in total. The maximum absolute atomic E-state index is 14.1. The minimum absolute atomic E-state index is 0. The van der Waals surface area contributed by atoms with E-state index in [1.54, 1.807) is 13.8 Å². The zero-order chi connectivity index (χ0) is 42.5. The molecule has 0 aromatic carbocycles. The molecule has 60 heavy (non-hydrogen) atoms. The van der Waals surface area contributed by atoms with Gasteiger partial charge < -0.3 is 40.5 Å². The molecule has 1 unspecified atom stereocenters. The Kier molecular flexibility index (Phi) is 16.0. The summed E-state index contributed by atoms with van der Waals surface area (Å²) < 4.78 is 10.6. The molecule has 16 heteroatoms. The summed E-state index contributed by atoms with van der Waals surface area (Å²) in [5.74, 6) is -2.07. The van der Waals surface area contributed by atoms with Crippen LogP contribution in [0, 0.1) is 23.7 Å². The maximum Gasteiger partial charge on any atom is 2.00 e. The van der Waals surface area contributed by atoms with Crippen molar-refractivity contribution in [2.75, 3.05) is 59.7 Å². The molecule has 326 valence electrons. The van der Waals surface area contributed by atoms with E-state index in [0.29, 0.717) is 78.0 Å². The van der Waals surface area contributed by atoms with Gasteiger partial charge in [-0.1, -0.05) is 27.7 Å². The normalized spacial score (nSPS) is 25.8. The molecular weight excluding hydrogens is 861 g/mol. The second kappa shape index (κ2) is 20.5.